The van der Waals surface area contributed by atoms with Crippen molar-refractivity contribution in [2.24, 2.45) is 5.92 Å². The number of hydrogen-bond acceptors (Lipinski definition) is 4. The van der Waals surface area contributed by atoms with Crippen LogP contribution in [0.3, 0.4) is 0 Å². The number of carbonyl (C=O) groups excluding carboxylic acids is 1. The van der Waals surface area contributed by atoms with Gasteiger partial charge in [-0.05, 0) is 38.8 Å². The molecule has 1 aliphatic rings. The predicted octanol–water partition coefficient (Wildman–Crippen LogP) is 1.78. The number of halogens is 2. The molecule has 0 spiro atoms. The van der Waals surface area contributed by atoms with Crippen LogP contribution < -0.4 is 5.32 Å². The minimum absolute atomic E-state index is 0. The summed E-state index contributed by atoms with van der Waals surface area (Å²) in [6.45, 7) is 2.73. The van der Waals surface area contributed by atoms with Gasteiger partial charge in [0.05, 0.1) is 6.20 Å². The molecule has 1 amide bonds. The predicted molar refractivity (Wildman–Crippen MR) is 83.7 cm³/mol. The Morgan fingerprint density at radius 3 is 2.60 bits per heavy atom. The number of hydrogen-bond donors (Lipinski definition) is 1. The Balaban J connectivity index is 0.00000180. The van der Waals surface area contributed by atoms with Crippen LogP contribution in [0, 0.1) is 5.92 Å². The minimum Gasteiger partial charge on any atom is -0.337 e. The van der Waals surface area contributed by atoms with E-state index in [-0.39, 0.29) is 30.7 Å². The number of carbonyl (C=O) groups is 1. The van der Waals surface area contributed by atoms with Gasteiger partial charge in [-0.2, -0.15) is 0 Å². The molecule has 1 saturated heterocycles. The SMILES string of the molecule is CNCCC1CCN(C(=O)c2cnccn2)CC1.Cl.Cl. The lowest BCUT2D eigenvalue weighted by Crippen LogP contribution is -2.39. The highest BCUT2D eigenvalue weighted by Gasteiger charge is 2.23. The first-order valence-electron chi connectivity index (χ1n) is 6.51. The van der Waals surface area contributed by atoms with Crippen LogP contribution in [0.1, 0.15) is 29.8 Å². The topological polar surface area (TPSA) is 58.1 Å². The van der Waals surface area contributed by atoms with E-state index in [4.69, 9.17) is 0 Å². The summed E-state index contributed by atoms with van der Waals surface area (Å²) in [7, 11) is 1.98. The van der Waals surface area contributed by atoms with Crippen molar-refractivity contribution in [2.45, 2.75) is 19.3 Å². The van der Waals surface area contributed by atoms with E-state index in [2.05, 4.69) is 15.3 Å². The van der Waals surface area contributed by atoms with Crippen LogP contribution in [0.2, 0.25) is 0 Å². The molecule has 0 atom stereocenters. The summed E-state index contributed by atoms with van der Waals surface area (Å²) >= 11 is 0. The van der Waals surface area contributed by atoms with Gasteiger partial charge in [0.15, 0.2) is 0 Å². The van der Waals surface area contributed by atoms with Crippen LogP contribution in [0.4, 0.5) is 0 Å². The summed E-state index contributed by atoms with van der Waals surface area (Å²) in [5.41, 5.74) is 0.450. The van der Waals surface area contributed by atoms with Crippen molar-refractivity contribution in [3.8, 4) is 0 Å². The van der Waals surface area contributed by atoms with Crippen LogP contribution in [-0.4, -0.2) is 47.5 Å². The summed E-state index contributed by atoms with van der Waals surface area (Å²) in [5, 5.41) is 3.18. The highest BCUT2D eigenvalue weighted by atomic mass is 35.5. The summed E-state index contributed by atoms with van der Waals surface area (Å²) < 4.78 is 0. The van der Waals surface area contributed by atoms with Crippen LogP contribution in [0.5, 0.6) is 0 Å². The maximum atomic E-state index is 12.1. The lowest BCUT2D eigenvalue weighted by atomic mass is 9.93. The van der Waals surface area contributed by atoms with Crippen molar-refractivity contribution in [2.75, 3.05) is 26.7 Å². The normalized spacial score (nSPS) is 15.2. The molecule has 0 radical (unpaired) electrons. The number of nitrogens with zero attached hydrogens (tertiary/aromatic N) is 3. The molecule has 1 aliphatic heterocycles. The molecule has 0 aliphatic carbocycles. The molecule has 0 unspecified atom stereocenters. The average molecular weight is 321 g/mol. The maximum Gasteiger partial charge on any atom is 0.274 e. The summed E-state index contributed by atoms with van der Waals surface area (Å²) in [5.74, 6) is 0.749. The number of piperidine rings is 1. The molecule has 0 bridgehead atoms. The van der Waals surface area contributed by atoms with Crippen LogP contribution >= 0.6 is 24.8 Å². The Hall–Kier alpha value is -0.910. The van der Waals surface area contributed by atoms with Gasteiger partial charge in [-0.3, -0.25) is 9.78 Å². The lowest BCUT2D eigenvalue weighted by Gasteiger charge is -2.31. The smallest absolute Gasteiger partial charge is 0.274 e. The van der Waals surface area contributed by atoms with Crippen molar-refractivity contribution in [3.05, 3.63) is 24.3 Å². The molecule has 0 saturated carbocycles. The van der Waals surface area contributed by atoms with Crippen LogP contribution in [0.15, 0.2) is 18.6 Å². The Kier molecular flexibility index (Phi) is 9.46. The second-order valence-corrected chi connectivity index (χ2v) is 4.72. The second kappa shape index (κ2) is 9.91. The van der Waals surface area contributed by atoms with Gasteiger partial charge in [-0.25, -0.2) is 4.98 Å². The third-order valence-electron chi connectivity index (χ3n) is 3.49. The second-order valence-electron chi connectivity index (χ2n) is 4.72. The van der Waals surface area contributed by atoms with E-state index >= 15 is 0 Å². The fourth-order valence-corrected chi connectivity index (χ4v) is 2.34. The molecule has 5 nitrogen and oxygen atoms in total. The first kappa shape index (κ1) is 19.1. The minimum atomic E-state index is 0. The van der Waals surface area contributed by atoms with Gasteiger partial charge in [0, 0.05) is 25.5 Å². The van der Waals surface area contributed by atoms with Crippen molar-refractivity contribution >= 4 is 30.7 Å². The van der Waals surface area contributed by atoms with Crippen molar-refractivity contribution in [1.82, 2.24) is 20.2 Å². The van der Waals surface area contributed by atoms with Gasteiger partial charge in [0.25, 0.3) is 5.91 Å². The third-order valence-corrected chi connectivity index (χ3v) is 3.49. The molecular weight excluding hydrogens is 299 g/mol. The fourth-order valence-electron chi connectivity index (χ4n) is 2.34. The van der Waals surface area contributed by atoms with Gasteiger partial charge >= 0.3 is 0 Å². The van der Waals surface area contributed by atoms with E-state index in [9.17, 15) is 4.79 Å². The molecule has 114 valence electrons. The number of rotatable bonds is 4. The zero-order valence-electron chi connectivity index (χ0n) is 11.6. The Morgan fingerprint density at radius 1 is 1.35 bits per heavy atom. The Bertz CT molecular complexity index is 383. The third kappa shape index (κ3) is 5.23. The maximum absolute atomic E-state index is 12.1. The van der Waals surface area contributed by atoms with Gasteiger partial charge in [0.2, 0.25) is 0 Å². The summed E-state index contributed by atoms with van der Waals surface area (Å²) in [6.07, 6.45) is 8.06. The molecule has 7 heteroatoms. The van der Waals surface area contributed by atoms with Crippen LogP contribution in [-0.2, 0) is 0 Å². The van der Waals surface area contributed by atoms with Gasteiger partial charge < -0.3 is 10.2 Å². The van der Waals surface area contributed by atoms with E-state index < -0.39 is 0 Å². The number of nitrogens with one attached hydrogen (secondary N) is 1. The van der Waals surface area contributed by atoms with E-state index in [1.807, 2.05) is 11.9 Å². The molecule has 2 rings (SSSR count). The van der Waals surface area contributed by atoms with E-state index in [0.29, 0.717) is 5.69 Å². The van der Waals surface area contributed by atoms with E-state index in [0.717, 1.165) is 38.4 Å². The largest absolute Gasteiger partial charge is 0.337 e. The summed E-state index contributed by atoms with van der Waals surface area (Å²) in [4.78, 5) is 22.0. The van der Waals surface area contributed by atoms with Gasteiger partial charge in [0.1, 0.15) is 5.69 Å². The molecule has 2 heterocycles. The zero-order valence-corrected chi connectivity index (χ0v) is 13.3. The van der Waals surface area contributed by atoms with Gasteiger partial charge in [-0.15, -0.1) is 24.8 Å². The summed E-state index contributed by atoms with van der Waals surface area (Å²) in [6, 6.07) is 0. The van der Waals surface area contributed by atoms with Crippen LogP contribution in [0.25, 0.3) is 0 Å². The highest BCUT2D eigenvalue weighted by molar-refractivity contribution is 5.92. The zero-order chi connectivity index (χ0) is 12.8. The van der Waals surface area contributed by atoms with Crippen molar-refractivity contribution in [1.29, 1.82) is 0 Å². The monoisotopic (exact) mass is 320 g/mol. The quantitative estimate of drug-likeness (QED) is 0.918. The Morgan fingerprint density at radius 2 is 2.05 bits per heavy atom. The number of aromatic nitrogens is 2. The fraction of sp³-hybridized carbons (Fsp3) is 0.615. The van der Waals surface area contributed by atoms with Gasteiger partial charge in [-0.1, -0.05) is 0 Å². The molecule has 1 fully saturated rings. The number of likely N-dealkylation sites (tertiary alicyclic amines) is 1. The highest BCUT2D eigenvalue weighted by Crippen LogP contribution is 2.20. The molecular formula is C13H22Cl2N4O. The lowest BCUT2D eigenvalue weighted by molar-refractivity contribution is 0.0680. The molecule has 1 N–H and O–H groups in total. The molecule has 1 aromatic rings. The molecule has 0 aromatic carbocycles. The molecule has 20 heavy (non-hydrogen) atoms. The Labute approximate surface area is 132 Å². The van der Waals surface area contributed by atoms with Crippen molar-refractivity contribution in [3.63, 3.8) is 0 Å². The first-order valence-corrected chi connectivity index (χ1v) is 6.51. The number of amides is 1. The van der Waals surface area contributed by atoms with E-state index in [1.165, 1.54) is 12.6 Å². The van der Waals surface area contributed by atoms with E-state index in [1.54, 1.807) is 12.4 Å². The standard InChI is InChI=1S/C13H20N4O.2ClH/c1-14-5-2-11-3-8-17(9-4-11)13(18)12-10-15-6-7-16-12;;/h6-7,10-11,14H,2-5,8-9H2,1H3;2*1H. The molecule has 1 aromatic heterocycles. The first-order chi connectivity index (χ1) is 8.81. The van der Waals surface area contributed by atoms with Crippen molar-refractivity contribution < 1.29 is 4.79 Å². The average Bonchev–Trinajstić information content (AvgIpc) is 2.46.